The Morgan fingerprint density at radius 2 is 2.00 bits per heavy atom. The normalized spacial score (nSPS) is 24.2. The van der Waals surface area contributed by atoms with Crippen molar-refractivity contribution in [3.05, 3.63) is 39.5 Å². The Labute approximate surface area is 101 Å². The van der Waals surface area contributed by atoms with E-state index in [2.05, 4.69) is 15.9 Å². The molecule has 0 aromatic heterocycles. The summed E-state index contributed by atoms with van der Waals surface area (Å²) in [6.07, 6.45) is -1.81. The van der Waals surface area contributed by atoms with Crippen LogP contribution < -0.4 is 10.5 Å². The van der Waals surface area contributed by atoms with Gasteiger partial charge < -0.3 is 20.7 Å². The fraction of sp³-hybridized carbons (Fsp3) is 0.273. The molecule has 0 fully saturated rings. The van der Waals surface area contributed by atoms with Gasteiger partial charge in [-0.25, -0.2) is 0 Å². The molecule has 1 aliphatic rings. The number of aliphatic hydroxyl groups is 2. The van der Waals surface area contributed by atoms with Gasteiger partial charge >= 0.3 is 0 Å². The maximum absolute atomic E-state index is 10.0. The third-order valence-electron chi connectivity index (χ3n) is 2.70. The molecule has 1 aromatic carbocycles. The fourth-order valence-electron chi connectivity index (χ4n) is 1.85. The second-order valence-corrected chi connectivity index (χ2v) is 4.43. The van der Waals surface area contributed by atoms with Crippen molar-refractivity contribution in [1.82, 2.24) is 0 Å². The number of methoxy groups -OCH3 is 1. The zero-order valence-corrected chi connectivity index (χ0v) is 10.2. The standard InChI is InChI=1S/C11H12BrNO3/c1-16-6-4-2-3-5-7(6)11(15)9(13)8(12)10(5)14/h2-4,10-11,14-15H,13H2,1H3. The number of hydrogen-bond acceptors (Lipinski definition) is 4. The summed E-state index contributed by atoms with van der Waals surface area (Å²) in [6.45, 7) is 0. The first kappa shape index (κ1) is 11.4. The summed E-state index contributed by atoms with van der Waals surface area (Å²) in [5.41, 5.74) is 7.06. The summed E-state index contributed by atoms with van der Waals surface area (Å²) in [5.74, 6) is 0.520. The molecule has 0 saturated carbocycles. The summed E-state index contributed by atoms with van der Waals surface area (Å²) in [5, 5.41) is 20.0. The maximum Gasteiger partial charge on any atom is 0.125 e. The predicted octanol–water partition coefficient (Wildman–Crippen LogP) is 1.34. The number of aliphatic hydroxyl groups excluding tert-OH is 2. The van der Waals surface area contributed by atoms with E-state index in [1.165, 1.54) is 7.11 Å². The van der Waals surface area contributed by atoms with Crippen molar-refractivity contribution in [3.63, 3.8) is 0 Å². The van der Waals surface area contributed by atoms with Crippen LogP contribution in [0.3, 0.4) is 0 Å². The van der Waals surface area contributed by atoms with Crippen molar-refractivity contribution >= 4 is 15.9 Å². The van der Waals surface area contributed by atoms with Crippen LogP contribution in [0.1, 0.15) is 23.3 Å². The van der Waals surface area contributed by atoms with Gasteiger partial charge in [-0.1, -0.05) is 28.1 Å². The molecule has 0 aliphatic heterocycles. The fourth-order valence-corrected chi connectivity index (χ4v) is 2.31. The number of nitrogens with two attached hydrogens (primary N) is 1. The van der Waals surface area contributed by atoms with Gasteiger partial charge in [0, 0.05) is 10.0 Å². The Hall–Kier alpha value is -1.04. The number of halogens is 1. The van der Waals surface area contributed by atoms with Crippen LogP contribution in [-0.2, 0) is 0 Å². The predicted molar refractivity (Wildman–Crippen MR) is 63.1 cm³/mol. The van der Waals surface area contributed by atoms with Gasteiger partial charge in [0.1, 0.15) is 18.0 Å². The highest BCUT2D eigenvalue weighted by atomic mass is 79.9. The van der Waals surface area contributed by atoms with Crippen LogP contribution in [0.25, 0.3) is 0 Å². The summed E-state index contributed by atoms with van der Waals surface area (Å²) < 4.78 is 5.55. The Balaban J connectivity index is 2.66. The average Bonchev–Trinajstić information content (AvgIpc) is 2.32. The SMILES string of the molecule is COc1cccc2c1C(O)C(N)=C(Br)C2O. The van der Waals surface area contributed by atoms with Crippen LogP contribution in [0.2, 0.25) is 0 Å². The Morgan fingerprint density at radius 1 is 1.31 bits per heavy atom. The van der Waals surface area contributed by atoms with Gasteiger partial charge in [-0.3, -0.25) is 0 Å². The molecular formula is C11H12BrNO3. The zero-order valence-electron chi connectivity index (χ0n) is 8.64. The minimum atomic E-state index is -0.955. The molecule has 4 N–H and O–H groups in total. The molecule has 0 bridgehead atoms. The van der Waals surface area contributed by atoms with Gasteiger partial charge in [0.05, 0.1) is 12.8 Å². The Morgan fingerprint density at radius 3 is 2.62 bits per heavy atom. The molecule has 86 valence electrons. The molecule has 1 aromatic rings. The summed E-state index contributed by atoms with van der Waals surface area (Å²) in [6, 6.07) is 5.22. The van der Waals surface area contributed by atoms with Gasteiger partial charge in [-0.05, 0) is 11.6 Å². The van der Waals surface area contributed by atoms with Crippen LogP contribution in [0.15, 0.2) is 28.4 Å². The summed E-state index contributed by atoms with van der Waals surface area (Å²) in [4.78, 5) is 0. The van der Waals surface area contributed by atoms with E-state index in [4.69, 9.17) is 10.5 Å². The quantitative estimate of drug-likeness (QED) is 0.728. The van der Waals surface area contributed by atoms with Gasteiger partial charge in [0.25, 0.3) is 0 Å². The van der Waals surface area contributed by atoms with Gasteiger partial charge in [0.15, 0.2) is 0 Å². The lowest BCUT2D eigenvalue weighted by molar-refractivity contribution is 0.171. The first-order valence-corrected chi connectivity index (χ1v) is 5.55. The first-order valence-electron chi connectivity index (χ1n) is 4.76. The van der Waals surface area contributed by atoms with E-state index in [0.29, 0.717) is 21.4 Å². The second-order valence-electron chi connectivity index (χ2n) is 3.57. The van der Waals surface area contributed by atoms with E-state index in [1.807, 2.05) is 0 Å². The lowest BCUT2D eigenvalue weighted by atomic mass is 9.90. The number of rotatable bonds is 1. The molecule has 2 rings (SSSR count). The molecule has 0 heterocycles. The van der Waals surface area contributed by atoms with E-state index in [1.54, 1.807) is 18.2 Å². The number of benzene rings is 1. The van der Waals surface area contributed by atoms with Crippen LogP contribution in [0, 0.1) is 0 Å². The maximum atomic E-state index is 10.0. The van der Waals surface area contributed by atoms with E-state index < -0.39 is 12.2 Å². The lowest BCUT2D eigenvalue weighted by Gasteiger charge is -2.28. The van der Waals surface area contributed by atoms with Crippen molar-refractivity contribution in [3.8, 4) is 5.75 Å². The van der Waals surface area contributed by atoms with Crippen molar-refractivity contribution in [1.29, 1.82) is 0 Å². The Bertz CT molecular complexity index is 459. The number of fused-ring (bicyclic) bond motifs is 1. The van der Waals surface area contributed by atoms with Crippen LogP contribution in [-0.4, -0.2) is 17.3 Å². The number of hydrogen-bond donors (Lipinski definition) is 3. The average molecular weight is 286 g/mol. The van der Waals surface area contributed by atoms with Crippen LogP contribution in [0.4, 0.5) is 0 Å². The van der Waals surface area contributed by atoms with Gasteiger partial charge in [-0.2, -0.15) is 0 Å². The third kappa shape index (κ3) is 1.52. The highest BCUT2D eigenvalue weighted by molar-refractivity contribution is 9.11. The minimum absolute atomic E-state index is 0.213. The minimum Gasteiger partial charge on any atom is -0.496 e. The van der Waals surface area contributed by atoms with Crippen molar-refractivity contribution in [2.45, 2.75) is 12.2 Å². The van der Waals surface area contributed by atoms with Crippen LogP contribution in [0.5, 0.6) is 5.75 Å². The molecule has 0 amide bonds. The molecule has 2 atom stereocenters. The third-order valence-corrected chi connectivity index (χ3v) is 3.59. The molecule has 2 unspecified atom stereocenters. The van der Waals surface area contributed by atoms with Gasteiger partial charge in [0.2, 0.25) is 0 Å². The molecular weight excluding hydrogens is 274 g/mol. The van der Waals surface area contributed by atoms with Crippen molar-refractivity contribution < 1.29 is 14.9 Å². The van der Waals surface area contributed by atoms with Crippen LogP contribution >= 0.6 is 15.9 Å². The highest BCUT2D eigenvalue weighted by Gasteiger charge is 2.32. The van der Waals surface area contributed by atoms with E-state index in [-0.39, 0.29) is 5.70 Å². The monoisotopic (exact) mass is 285 g/mol. The molecule has 0 radical (unpaired) electrons. The van der Waals surface area contributed by atoms with Crippen molar-refractivity contribution in [2.24, 2.45) is 5.73 Å². The molecule has 0 saturated heterocycles. The molecule has 1 aliphatic carbocycles. The smallest absolute Gasteiger partial charge is 0.125 e. The molecule has 16 heavy (non-hydrogen) atoms. The highest BCUT2D eigenvalue weighted by Crippen LogP contribution is 2.44. The largest absolute Gasteiger partial charge is 0.496 e. The molecule has 5 heteroatoms. The summed E-state index contributed by atoms with van der Waals surface area (Å²) in [7, 11) is 1.51. The summed E-state index contributed by atoms with van der Waals surface area (Å²) >= 11 is 3.18. The van der Waals surface area contributed by atoms with E-state index in [0.717, 1.165) is 0 Å². The Kier molecular flexibility index (Phi) is 2.92. The second kappa shape index (κ2) is 4.08. The molecule has 4 nitrogen and oxygen atoms in total. The zero-order chi connectivity index (χ0) is 11.9. The van der Waals surface area contributed by atoms with E-state index in [9.17, 15) is 10.2 Å². The van der Waals surface area contributed by atoms with Gasteiger partial charge in [-0.15, -0.1) is 0 Å². The topological polar surface area (TPSA) is 75.7 Å². The molecule has 0 spiro atoms. The van der Waals surface area contributed by atoms with E-state index >= 15 is 0 Å². The first-order chi connectivity index (χ1) is 7.57. The lowest BCUT2D eigenvalue weighted by Crippen LogP contribution is -2.22. The van der Waals surface area contributed by atoms with Crippen molar-refractivity contribution in [2.75, 3.05) is 7.11 Å². The number of ether oxygens (including phenoxy) is 1.